The second-order valence-corrected chi connectivity index (χ2v) is 4.76. The molecular formula is C14H24O5. The normalized spacial score (nSPS) is 14.5. The number of carbonyl (C=O) groups excluding carboxylic acids is 1. The molecule has 3 N–H and O–H groups in total. The summed E-state index contributed by atoms with van der Waals surface area (Å²) in [5.74, 6) is -0.396. The van der Waals surface area contributed by atoms with E-state index < -0.39 is 30.9 Å². The summed E-state index contributed by atoms with van der Waals surface area (Å²) in [7, 11) is 0. The molecule has 0 aromatic rings. The van der Waals surface area contributed by atoms with Gasteiger partial charge in [0.25, 0.3) is 0 Å². The summed E-state index contributed by atoms with van der Waals surface area (Å²) in [5, 5.41) is 28.2. The predicted octanol–water partition coefficient (Wildman–Crippen LogP) is 0.792. The van der Waals surface area contributed by atoms with Gasteiger partial charge in [0.2, 0.25) is 0 Å². The molecule has 0 amide bonds. The van der Waals surface area contributed by atoms with Crippen LogP contribution in [-0.2, 0) is 9.53 Å². The molecule has 0 radical (unpaired) electrons. The van der Waals surface area contributed by atoms with E-state index in [1.54, 1.807) is 6.08 Å². The van der Waals surface area contributed by atoms with Crippen molar-refractivity contribution in [2.45, 2.75) is 37.9 Å². The molecule has 110 valence electrons. The molecule has 0 fully saturated rings. The van der Waals surface area contributed by atoms with Crippen molar-refractivity contribution in [1.82, 2.24) is 0 Å². The van der Waals surface area contributed by atoms with E-state index in [-0.39, 0.29) is 18.8 Å². The molecule has 0 heterocycles. The first-order chi connectivity index (χ1) is 8.93. The average Bonchev–Trinajstić information content (AvgIpc) is 2.37. The Labute approximate surface area is 114 Å². The molecule has 0 aromatic heterocycles. The van der Waals surface area contributed by atoms with E-state index in [4.69, 9.17) is 14.9 Å². The predicted molar refractivity (Wildman–Crippen MR) is 72.4 cm³/mol. The molecule has 0 aliphatic carbocycles. The van der Waals surface area contributed by atoms with Crippen molar-refractivity contribution in [2.75, 3.05) is 13.2 Å². The van der Waals surface area contributed by atoms with Crippen LogP contribution in [0.1, 0.15) is 26.2 Å². The molecular weight excluding hydrogens is 248 g/mol. The SMILES string of the molecule is C=CCC(C)CC(=O)OC(CC=C)C(O)(CO)CO. The number of aliphatic hydroxyl groups excluding tert-OH is 2. The van der Waals surface area contributed by atoms with Crippen LogP contribution in [0.2, 0.25) is 0 Å². The summed E-state index contributed by atoms with van der Waals surface area (Å²) in [5.41, 5.74) is -1.86. The molecule has 5 nitrogen and oxygen atoms in total. The van der Waals surface area contributed by atoms with Crippen molar-refractivity contribution in [1.29, 1.82) is 0 Å². The molecule has 0 spiro atoms. The van der Waals surface area contributed by atoms with Gasteiger partial charge in [0.1, 0.15) is 11.7 Å². The lowest BCUT2D eigenvalue weighted by Crippen LogP contribution is -2.51. The lowest BCUT2D eigenvalue weighted by atomic mass is 9.95. The Kier molecular flexibility index (Phi) is 8.30. The van der Waals surface area contributed by atoms with Gasteiger partial charge in [0, 0.05) is 12.8 Å². The first kappa shape index (κ1) is 17.8. The number of carbonyl (C=O) groups is 1. The molecule has 0 saturated heterocycles. The zero-order valence-electron chi connectivity index (χ0n) is 11.4. The van der Waals surface area contributed by atoms with Gasteiger partial charge in [-0.05, 0) is 12.3 Å². The van der Waals surface area contributed by atoms with Gasteiger partial charge in [-0.1, -0.05) is 19.1 Å². The van der Waals surface area contributed by atoms with E-state index in [0.717, 1.165) is 0 Å². The van der Waals surface area contributed by atoms with Gasteiger partial charge in [-0.25, -0.2) is 0 Å². The molecule has 19 heavy (non-hydrogen) atoms. The number of hydrogen-bond acceptors (Lipinski definition) is 5. The van der Waals surface area contributed by atoms with Crippen LogP contribution in [0, 0.1) is 5.92 Å². The summed E-state index contributed by atoms with van der Waals surface area (Å²) >= 11 is 0. The Balaban J connectivity index is 4.61. The maximum Gasteiger partial charge on any atom is 0.306 e. The Morgan fingerprint density at radius 2 is 1.79 bits per heavy atom. The molecule has 2 atom stereocenters. The van der Waals surface area contributed by atoms with Crippen LogP contribution in [0.4, 0.5) is 0 Å². The van der Waals surface area contributed by atoms with E-state index in [1.807, 2.05) is 6.92 Å². The summed E-state index contributed by atoms with van der Waals surface area (Å²) in [6.07, 6.45) is 3.19. The largest absolute Gasteiger partial charge is 0.459 e. The Morgan fingerprint density at radius 3 is 2.21 bits per heavy atom. The standard InChI is InChI=1S/C14H24O5/c1-4-6-11(3)8-13(17)19-12(7-5-2)14(18,9-15)10-16/h4-5,11-12,15-16,18H,1-2,6-10H2,3H3. The van der Waals surface area contributed by atoms with Crippen LogP contribution in [0.15, 0.2) is 25.3 Å². The number of ether oxygens (including phenoxy) is 1. The van der Waals surface area contributed by atoms with Gasteiger partial charge in [0.15, 0.2) is 0 Å². The number of allylic oxidation sites excluding steroid dienone is 1. The monoisotopic (exact) mass is 272 g/mol. The molecule has 0 aromatic carbocycles. The number of esters is 1. The van der Waals surface area contributed by atoms with Gasteiger partial charge in [-0.15, -0.1) is 13.2 Å². The van der Waals surface area contributed by atoms with E-state index in [2.05, 4.69) is 13.2 Å². The Hall–Kier alpha value is -1.17. The number of hydrogen-bond donors (Lipinski definition) is 3. The van der Waals surface area contributed by atoms with E-state index in [1.165, 1.54) is 6.08 Å². The van der Waals surface area contributed by atoms with Crippen LogP contribution in [-0.4, -0.2) is 46.2 Å². The highest BCUT2D eigenvalue weighted by Gasteiger charge is 2.38. The highest BCUT2D eigenvalue weighted by Crippen LogP contribution is 2.19. The smallest absolute Gasteiger partial charge is 0.306 e. The number of rotatable bonds is 10. The number of aliphatic hydroxyl groups is 3. The van der Waals surface area contributed by atoms with Crippen LogP contribution in [0.3, 0.4) is 0 Å². The van der Waals surface area contributed by atoms with Crippen molar-refractivity contribution >= 4 is 5.97 Å². The third kappa shape index (κ3) is 6.00. The third-order valence-corrected chi connectivity index (χ3v) is 2.89. The fraction of sp³-hybridized carbons (Fsp3) is 0.643. The second-order valence-electron chi connectivity index (χ2n) is 4.76. The summed E-state index contributed by atoms with van der Waals surface area (Å²) in [6.45, 7) is 7.58. The van der Waals surface area contributed by atoms with Crippen LogP contribution >= 0.6 is 0 Å². The second kappa shape index (κ2) is 8.85. The highest BCUT2D eigenvalue weighted by molar-refractivity contribution is 5.70. The first-order valence-electron chi connectivity index (χ1n) is 6.28. The van der Waals surface area contributed by atoms with Crippen LogP contribution in [0.5, 0.6) is 0 Å². The van der Waals surface area contributed by atoms with Gasteiger partial charge < -0.3 is 20.1 Å². The minimum Gasteiger partial charge on any atom is -0.459 e. The molecule has 0 saturated carbocycles. The summed E-state index contributed by atoms with van der Waals surface area (Å²) in [4.78, 5) is 11.7. The van der Waals surface area contributed by atoms with Gasteiger partial charge in [-0.3, -0.25) is 4.79 Å². The zero-order chi connectivity index (χ0) is 14.9. The maximum atomic E-state index is 11.7. The zero-order valence-corrected chi connectivity index (χ0v) is 11.4. The van der Waals surface area contributed by atoms with Crippen molar-refractivity contribution in [3.63, 3.8) is 0 Å². The lowest BCUT2D eigenvalue weighted by molar-refractivity contribution is -0.177. The van der Waals surface area contributed by atoms with Gasteiger partial charge in [0.05, 0.1) is 13.2 Å². The summed E-state index contributed by atoms with van der Waals surface area (Å²) < 4.78 is 5.14. The van der Waals surface area contributed by atoms with E-state index >= 15 is 0 Å². The van der Waals surface area contributed by atoms with Crippen molar-refractivity contribution in [3.05, 3.63) is 25.3 Å². The molecule has 0 bridgehead atoms. The fourth-order valence-electron chi connectivity index (χ4n) is 1.64. The minimum absolute atomic E-state index is 0.0886. The molecule has 5 heteroatoms. The van der Waals surface area contributed by atoms with Crippen molar-refractivity contribution < 1.29 is 24.9 Å². The van der Waals surface area contributed by atoms with Crippen LogP contribution < -0.4 is 0 Å². The van der Waals surface area contributed by atoms with Crippen molar-refractivity contribution in [3.8, 4) is 0 Å². The highest BCUT2D eigenvalue weighted by atomic mass is 16.6. The maximum absolute atomic E-state index is 11.7. The quantitative estimate of drug-likeness (QED) is 0.404. The first-order valence-corrected chi connectivity index (χ1v) is 6.28. The average molecular weight is 272 g/mol. The van der Waals surface area contributed by atoms with Crippen LogP contribution in [0.25, 0.3) is 0 Å². The molecule has 0 aliphatic heterocycles. The molecule has 0 rings (SSSR count). The van der Waals surface area contributed by atoms with Gasteiger partial charge >= 0.3 is 5.97 Å². The van der Waals surface area contributed by atoms with Crippen molar-refractivity contribution in [2.24, 2.45) is 5.92 Å². The minimum atomic E-state index is -1.86. The Bertz CT molecular complexity index is 296. The fourth-order valence-corrected chi connectivity index (χ4v) is 1.64. The third-order valence-electron chi connectivity index (χ3n) is 2.89. The summed E-state index contributed by atoms with van der Waals surface area (Å²) in [6, 6.07) is 0. The lowest BCUT2D eigenvalue weighted by Gasteiger charge is -2.32. The van der Waals surface area contributed by atoms with Gasteiger partial charge in [-0.2, -0.15) is 0 Å². The topological polar surface area (TPSA) is 87.0 Å². The Morgan fingerprint density at radius 1 is 1.26 bits per heavy atom. The van der Waals surface area contributed by atoms with E-state index in [0.29, 0.717) is 6.42 Å². The van der Waals surface area contributed by atoms with E-state index in [9.17, 15) is 9.90 Å². The molecule has 0 aliphatic rings. The molecule has 2 unspecified atom stereocenters.